The SMILES string of the molecule is CC(O)=C(C#N)N=Nc1cccc2cccnc12.[C-]#[N+]/C(N=Nc1cccc2c(S(=O)(=O)NCCNS(=O)(=O)c3ccnc4c(N=N/C(C#N)=C(/C)O)cccc34)ccnc12)=C(\C)O.[C-]#[N+]/C(N=Nc1cccc2c(S(=O)(=O)NCCNS(=O)(=O)c3ccnc4c(N=NC(C#N)=C(C)O)cccc34)ccnc12)=C(\C)O.[C-]#[N+]/C(N=Nc1cccc2cccnc12)=C(\C)O.[Ni].[Ni].[Ni]. The first-order valence-electron chi connectivity index (χ1n) is 36.6. The van der Waals surface area contributed by atoms with E-state index >= 15 is 0 Å². The molecule has 0 spiro atoms. The van der Waals surface area contributed by atoms with Crippen molar-refractivity contribution >= 4 is 140 Å². The van der Waals surface area contributed by atoms with E-state index in [2.05, 4.69) is 125 Å². The predicted octanol–water partition coefficient (Wildman–Crippen LogP) is 18.0. The van der Waals surface area contributed by atoms with Crippen LogP contribution >= 0.6 is 0 Å². The zero-order valence-corrected chi connectivity index (χ0v) is 74.8. The van der Waals surface area contributed by atoms with E-state index in [1.54, 1.807) is 42.7 Å². The van der Waals surface area contributed by atoms with Crippen LogP contribution in [-0.4, -0.2) is 120 Å². The van der Waals surface area contributed by atoms with Gasteiger partial charge < -0.3 is 45.2 Å². The second-order valence-electron chi connectivity index (χ2n) is 25.6. The number of hydrogen-bond acceptors (Lipinski definition) is 35. The molecule has 0 aliphatic heterocycles. The van der Waals surface area contributed by atoms with Crippen LogP contribution in [0.15, 0.2) is 345 Å². The molecule has 0 radical (unpaired) electrons. The van der Waals surface area contributed by atoms with Crippen LogP contribution < -0.4 is 18.9 Å². The number of pyridine rings is 6. The molecule has 0 saturated heterocycles. The summed E-state index contributed by atoms with van der Waals surface area (Å²) in [5.41, 5.74) is 3.07. The van der Waals surface area contributed by atoms with Crippen LogP contribution in [-0.2, 0) is 89.6 Å². The van der Waals surface area contributed by atoms with E-state index in [9.17, 15) is 64.3 Å². The van der Waals surface area contributed by atoms with Crippen LogP contribution in [0.25, 0.3) is 80.0 Å². The number of nitrogens with one attached hydrogen (secondary N) is 4. The number of benzene rings is 6. The Bertz CT molecular complexity index is 6770. The fourth-order valence-corrected chi connectivity index (χ4v) is 15.7. The Labute approximate surface area is 777 Å². The third-order valence-corrected chi connectivity index (χ3v) is 22.9. The van der Waals surface area contributed by atoms with Gasteiger partial charge in [-0.3, -0.25) is 29.9 Å². The fraction of sp³-hybridized carbons (Fsp3) is 0.122. The van der Waals surface area contributed by atoms with E-state index in [-0.39, 0.29) is 231 Å². The summed E-state index contributed by atoms with van der Waals surface area (Å²) in [6.07, 6.45) is 8.36. The Morgan fingerprint density at radius 2 is 0.511 bits per heavy atom. The number of nitrogens with zero attached hydrogens (tertiary/aromatic N) is 24. The van der Waals surface area contributed by atoms with Crippen LogP contribution in [0.4, 0.5) is 34.1 Å². The largest absolute Gasteiger partial charge is 0.522 e. The molecule has 12 rings (SSSR count). The van der Waals surface area contributed by atoms with E-state index in [1.165, 1.54) is 163 Å². The number of allylic oxidation sites excluding steroid dienone is 9. The molecule has 10 N–H and O–H groups in total. The van der Waals surface area contributed by atoms with Gasteiger partial charge in [-0.25, -0.2) is 52.6 Å². The summed E-state index contributed by atoms with van der Waals surface area (Å²) in [5, 5.41) is 132. The Kier molecular flexibility index (Phi) is 38.7. The molecule has 6 aromatic heterocycles. The minimum absolute atomic E-state index is 0. The quantitative estimate of drug-likeness (QED) is 0.00601. The summed E-state index contributed by atoms with van der Waals surface area (Å²) in [4.78, 5) is 33.8. The number of para-hydroxylation sites is 6. The maximum absolute atomic E-state index is 13.2. The van der Waals surface area contributed by atoms with Gasteiger partial charge in [0.2, 0.25) is 40.1 Å². The van der Waals surface area contributed by atoms with Gasteiger partial charge in [0.1, 0.15) is 97.9 Å². The van der Waals surface area contributed by atoms with Crippen LogP contribution in [0.2, 0.25) is 0 Å². The van der Waals surface area contributed by atoms with Gasteiger partial charge in [-0.15, -0.1) is 30.7 Å². The summed E-state index contributed by atoms with van der Waals surface area (Å²) in [6, 6.07) is 46.9. The van der Waals surface area contributed by atoms with E-state index in [4.69, 9.17) is 35.5 Å². The summed E-state index contributed by atoms with van der Waals surface area (Å²) in [6.45, 7) is 27.6. The molecular formula is C82H68N28Ni3O14S4. The number of nitriles is 3. The maximum atomic E-state index is 13.2. The standard InChI is InChI=1S/2C28H24N10O6S2.2C13H10N4O.3Ni/c2*1-17(39)23(16-29)37-35-21-8-4-6-19-24(10-12-31-26(19)21)45(41,42)33-14-15-34-46(43,44)25-11-13-32-27-20(25)7-5-9-22(27)36-38-28(30-3)18(2)40;1-9(18)13(14-2)17-16-11-7-3-5-10-6-4-8-15-12(10)11;1-9(18)12(8-14)17-16-11-6-2-4-10-5-3-7-15-13(10)11;;;/h2*4-13,33-34,39-40H,14-15H2,1-2H3;3-8,18H,1H3;2-7,18H,1H3;;;/b23-17?,28-18-,37-35?,38-36?;23-17-,28-18-,37-35?,38-36?;13-9-,17-16?;;;;. The molecule has 0 bridgehead atoms. The first-order chi connectivity index (χ1) is 61.2. The van der Waals surface area contributed by atoms with Gasteiger partial charge in [0.05, 0.1) is 41.6 Å². The van der Waals surface area contributed by atoms with Crippen molar-refractivity contribution in [2.75, 3.05) is 26.2 Å². The third-order valence-electron chi connectivity index (χ3n) is 16.8. The van der Waals surface area contributed by atoms with Crippen molar-refractivity contribution in [1.29, 1.82) is 15.8 Å². The molecule has 0 aliphatic rings. The van der Waals surface area contributed by atoms with Crippen LogP contribution in [0.5, 0.6) is 0 Å². The molecule has 6 aromatic carbocycles. The van der Waals surface area contributed by atoms with Gasteiger partial charge in [-0.05, 0) is 114 Å². The number of aromatic nitrogens is 6. The molecule has 0 amide bonds. The number of azo groups is 6. The second-order valence-corrected chi connectivity index (χ2v) is 32.6. The molecule has 49 heteroatoms. The topological polar surface area (TPSA) is 616 Å². The Hall–Kier alpha value is -15.3. The molecule has 0 fully saturated rings. The van der Waals surface area contributed by atoms with Gasteiger partial charge >= 0.3 is 17.5 Å². The summed E-state index contributed by atoms with van der Waals surface area (Å²) < 4.78 is 115. The molecular weight excluding hydrogens is 1910 g/mol. The Morgan fingerprint density at radius 3 is 0.725 bits per heavy atom. The Balaban J connectivity index is 0.000000289. The predicted molar refractivity (Wildman–Crippen MR) is 467 cm³/mol. The van der Waals surface area contributed by atoms with Gasteiger partial charge in [-0.2, -0.15) is 15.8 Å². The number of aliphatic hydroxyl groups is 6. The van der Waals surface area contributed by atoms with Gasteiger partial charge in [-0.1, -0.05) is 120 Å². The van der Waals surface area contributed by atoms with Crippen molar-refractivity contribution in [3.63, 3.8) is 0 Å². The number of fused-ring (bicyclic) bond motifs is 6. The molecule has 0 atom stereocenters. The van der Waals surface area contributed by atoms with Gasteiger partial charge in [0.25, 0.3) is 0 Å². The minimum Gasteiger partial charge on any atom is -0.522 e. The average molecular weight is 1970 g/mol. The van der Waals surface area contributed by atoms with Crippen LogP contribution in [0, 0.1) is 53.7 Å². The fourth-order valence-electron chi connectivity index (χ4n) is 10.9. The molecule has 0 unspecified atom stereocenters. The minimum atomic E-state index is -4.17. The monoisotopic (exact) mass is 1970 g/mol. The van der Waals surface area contributed by atoms with Gasteiger partial charge in [0, 0.05) is 160 Å². The molecule has 0 aliphatic carbocycles. The average Bonchev–Trinajstić information content (AvgIpc) is 0.801. The Morgan fingerprint density at radius 1 is 0.305 bits per heavy atom. The summed E-state index contributed by atoms with van der Waals surface area (Å²) in [5.74, 6) is -2.45. The zero-order valence-electron chi connectivity index (χ0n) is 68.6. The summed E-state index contributed by atoms with van der Waals surface area (Å²) >= 11 is 0. The van der Waals surface area contributed by atoms with Crippen molar-refractivity contribution in [2.45, 2.75) is 61.1 Å². The number of rotatable bonds is 26. The van der Waals surface area contributed by atoms with Crippen molar-refractivity contribution in [3.05, 3.63) is 298 Å². The second kappa shape index (κ2) is 48.6. The van der Waals surface area contributed by atoms with E-state index in [1.807, 2.05) is 48.5 Å². The zero-order chi connectivity index (χ0) is 92.9. The van der Waals surface area contributed by atoms with E-state index in [0.717, 1.165) is 10.8 Å². The first-order valence-corrected chi connectivity index (χ1v) is 42.6. The number of aliphatic hydroxyl groups excluding tert-OH is 6. The van der Waals surface area contributed by atoms with Crippen molar-refractivity contribution in [2.24, 2.45) is 61.4 Å². The molecule has 42 nitrogen and oxygen atoms in total. The van der Waals surface area contributed by atoms with Crippen LogP contribution in [0.3, 0.4) is 0 Å². The van der Waals surface area contributed by atoms with Crippen molar-refractivity contribution in [1.82, 2.24) is 48.8 Å². The molecule has 12 aromatic rings. The summed E-state index contributed by atoms with van der Waals surface area (Å²) in [7, 11) is -16.7. The molecule has 674 valence electrons. The number of sulfonamides is 4. The smallest absolute Gasteiger partial charge is 0.333 e. The van der Waals surface area contributed by atoms with E-state index in [0.29, 0.717) is 22.4 Å². The molecule has 6 heterocycles. The molecule has 131 heavy (non-hydrogen) atoms. The van der Waals surface area contributed by atoms with Crippen LogP contribution in [0.1, 0.15) is 41.5 Å². The van der Waals surface area contributed by atoms with Gasteiger partial charge in [0.15, 0.2) is 17.1 Å². The van der Waals surface area contributed by atoms with E-state index < -0.39 is 40.1 Å². The van der Waals surface area contributed by atoms with Crippen molar-refractivity contribution in [3.8, 4) is 18.2 Å². The first kappa shape index (κ1) is 104. The van der Waals surface area contributed by atoms with Crippen molar-refractivity contribution < 1.29 is 114 Å². The maximum Gasteiger partial charge on any atom is 0.333 e. The normalized spacial score (nSPS) is 12.9. The third kappa shape index (κ3) is 27.4. The molecule has 0 saturated carbocycles. The number of hydrogen-bond donors (Lipinski definition) is 10.